The minimum atomic E-state index is -0.245. The van der Waals surface area contributed by atoms with Crippen LogP contribution in [0.25, 0.3) is 17.1 Å². The van der Waals surface area contributed by atoms with Gasteiger partial charge < -0.3 is 4.74 Å². The topological polar surface area (TPSA) is 39.9 Å². The predicted octanol–water partition coefficient (Wildman–Crippen LogP) is 6.03. The SMILES string of the molecule is COc1ccc(-n2c(SCc3ccc(F)cc3)nnc2-c2ccc(Cl)cc2)cc1. The first-order valence-corrected chi connectivity index (χ1v) is 10.2. The molecule has 3 aromatic carbocycles. The highest BCUT2D eigenvalue weighted by atomic mass is 35.5. The molecule has 146 valence electrons. The van der Waals surface area contributed by atoms with E-state index in [2.05, 4.69) is 10.2 Å². The van der Waals surface area contributed by atoms with E-state index in [4.69, 9.17) is 16.3 Å². The Morgan fingerprint density at radius 1 is 0.931 bits per heavy atom. The molecule has 29 heavy (non-hydrogen) atoms. The Morgan fingerprint density at radius 3 is 2.28 bits per heavy atom. The molecule has 0 saturated carbocycles. The molecule has 0 unspecified atom stereocenters. The molecule has 0 aliphatic rings. The monoisotopic (exact) mass is 425 g/mol. The Kier molecular flexibility index (Phi) is 5.83. The maximum atomic E-state index is 13.2. The van der Waals surface area contributed by atoms with Crippen LogP contribution >= 0.6 is 23.4 Å². The molecule has 0 aliphatic carbocycles. The molecule has 0 saturated heterocycles. The molecule has 0 bridgehead atoms. The molecule has 0 aliphatic heterocycles. The van der Waals surface area contributed by atoms with E-state index in [9.17, 15) is 4.39 Å². The number of nitrogens with zero attached hydrogens (tertiary/aromatic N) is 3. The van der Waals surface area contributed by atoms with E-state index >= 15 is 0 Å². The summed E-state index contributed by atoms with van der Waals surface area (Å²) < 4.78 is 20.4. The van der Waals surface area contributed by atoms with Crippen LogP contribution in [0.1, 0.15) is 5.56 Å². The van der Waals surface area contributed by atoms with Gasteiger partial charge in [-0.2, -0.15) is 0 Å². The van der Waals surface area contributed by atoms with Gasteiger partial charge >= 0.3 is 0 Å². The smallest absolute Gasteiger partial charge is 0.196 e. The molecule has 4 rings (SSSR count). The Hall–Kier alpha value is -2.83. The van der Waals surface area contributed by atoms with Crippen LogP contribution in [0, 0.1) is 5.82 Å². The highest BCUT2D eigenvalue weighted by molar-refractivity contribution is 7.98. The van der Waals surface area contributed by atoms with Crippen LogP contribution < -0.4 is 4.74 Å². The third kappa shape index (κ3) is 4.44. The van der Waals surface area contributed by atoms with Crippen molar-refractivity contribution in [2.24, 2.45) is 0 Å². The fourth-order valence-electron chi connectivity index (χ4n) is 2.84. The second kappa shape index (κ2) is 8.68. The number of halogens is 2. The Labute approximate surface area is 177 Å². The van der Waals surface area contributed by atoms with Gasteiger partial charge in [-0.1, -0.05) is 35.5 Å². The maximum absolute atomic E-state index is 13.2. The largest absolute Gasteiger partial charge is 0.497 e. The van der Waals surface area contributed by atoms with Crippen LogP contribution in [0.4, 0.5) is 4.39 Å². The molecule has 1 heterocycles. The molecule has 0 N–H and O–H groups in total. The molecule has 0 atom stereocenters. The fraction of sp³-hybridized carbons (Fsp3) is 0.0909. The highest BCUT2D eigenvalue weighted by Gasteiger charge is 2.16. The minimum absolute atomic E-state index is 0.245. The number of methoxy groups -OCH3 is 1. The van der Waals surface area contributed by atoms with Crippen molar-refractivity contribution in [1.82, 2.24) is 14.8 Å². The maximum Gasteiger partial charge on any atom is 0.196 e. The van der Waals surface area contributed by atoms with Gasteiger partial charge in [0, 0.05) is 22.0 Å². The molecule has 4 aromatic rings. The number of benzene rings is 3. The summed E-state index contributed by atoms with van der Waals surface area (Å²) in [7, 11) is 1.64. The van der Waals surface area contributed by atoms with Crippen molar-refractivity contribution in [2.75, 3.05) is 7.11 Å². The first-order valence-electron chi connectivity index (χ1n) is 8.87. The summed E-state index contributed by atoms with van der Waals surface area (Å²) in [5.41, 5.74) is 2.84. The lowest BCUT2D eigenvalue weighted by Crippen LogP contribution is -2.00. The van der Waals surface area contributed by atoms with Crippen LogP contribution in [0.15, 0.2) is 78.0 Å². The van der Waals surface area contributed by atoms with Crippen LogP contribution in [0.5, 0.6) is 5.75 Å². The van der Waals surface area contributed by atoms with Crippen molar-refractivity contribution in [3.63, 3.8) is 0 Å². The third-order valence-electron chi connectivity index (χ3n) is 4.35. The number of aromatic nitrogens is 3. The van der Waals surface area contributed by atoms with Gasteiger partial charge in [0.05, 0.1) is 7.11 Å². The molecule has 0 fully saturated rings. The average molecular weight is 426 g/mol. The first-order chi connectivity index (χ1) is 14.1. The lowest BCUT2D eigenvalue weighted by Gasteiger charge is -2.11. The van der Waals surface area contributed by atoms with Crippen molar-refractivity contribution >= 4 is 23.4 Å². The molecule has 7 heteroatoms. The van der Waals surface area contributed by atoms with Gasteiger partial charge in [0.25, 0.3) is 0 Å². The number of hydrogen-bond acceptors (Lipinski definition) is 4. The van der Waals surface area contributed by atoms with Gasteiger partial charge in [-0.3, -0.25) is 4.57 Å². The Morgan fingerprint density at radius 2 is 1.62 bits per heavy atom. The van der Waals surface area contributed by atoms with E-state index < -0.39 is 0 Å². The van der Waals surface area contributed by atoms with Crippen molar-refractivity contribution in [3.05, 3.63) is 89.2 Å². The summed E-state index contributed by atoms with van der Waals surface area (Å²) in [6.45, 7) is 0. The van der Waals surface area contributed by atoms with E-state index in [1.807, 2.05) is 53.1 Å². The Balaban J connectivity index is 1.71. The number of hydrogen-bond donors (Lipinski definition) is 0. The van der Waals surface area contributed by atoms with Gasteiger partial charge in [0.2, 0.25) is 0 Å². The second-order valence-corrected chi connectivity index (χ2v) is 7.64. The lowest BCUT2D eigenvalue weighted by molar-refractivity contribution is 0.414. The van der Waals surface area contributed by atoms with Crippen LogP contribution in [-0.4, -0.2) is 21.9 Å². The quantitative estimate of drug-likeness (QED) is 0.354. The fourth-order valence-corrected chi connectivity index (χ4v) is 3.88. The van der Waals surface area contributed by atoms with Crippen molar-refractivity contribution in [1.29, 1.82) is 0 Å². The molecule has 0 amide bonds. The van der Waals surface area contributed by atoms with Crippen LogP contribution in [-0.2, 0) is 5.75 Å². The first kappa shape index (κ1) is 19.5. The molecule has 1 aromatic heterocycles. The second-order valence-electron chi connectivity index (χ2n) is 6.26. The zero-order chi connectivity index (χ0) is 20.2. The van der Waals surface area contributed by atoms with Crippen LogP contribution in [0.3, 0.4) is 0 Å². The van der Waals surface area contributed by atoms with E-state index in [1.54, 1.807) is 19.2 Å². The van der Waals surface area contributed by atoms with E-state index in [0.29, 0.717) is 16.6 Å². The summed E-state index contributed by atoms with van der Waals surface area (Å²) in [5.74, 6) is 1.89. The van der Waals surface area contributed by atoms with E-state index in [-0.39, 0.29) is 5.82 Å². The summed E-state index contributed by atoms with van der Waals surface area (Å²) >= 11 is 7.57. The predicted molar refractivity (Wildman–Crippen MR) is 114 cm³/mol. The molecule has 4 nitrogen and oxygen atoms in total. The summed E-state index contributed by atoms with van der Waals surface area (Å²) in [6.07, 6.45) is 0. The van der Waals surface area contributed by atoms with Gasteiger partial charge in [0.15, 0.2) is 11.0 Å². The Bertz CT molecular complexity index is 1100. The van der Waals surface area contributed by atoms with Crippen molar-refractivity contribution in [3.8, 4) is 22.8 Å². The van der Waals surface area contributed by atoms with Crippen LogP contribution in [0.2, 0.25) is 5.02 Å². The summed E-state index contributed by atoms with van der Waals surface area (Å²) in [6, 6.07) is 21.7. The third-order valence-corrected chi connectivity index (χ3v) is 5.60. The van der Waals surface area contributed by atoms with Gasteiger partial charge in [-0.05, 0) is 66.2 Å². The molecular formula is C22H17ClFN3OS. The zero-order valence-corrected chi connectivity index (χ0v) is 17.1. The summed E-state index contributed by atoms with van der Waals surface area (Å²) in [5, 5.41) is 10.2. The number of ether oxygens (including phenoxy) is 1. The average Bonchev–Trinajstić information content (AvgIpc) is 3.18. The van der Waals surface area contributed by atoms with Crippen molar-refractivity contribution < 1.29 is 9.13 Å². The van der Waals surface area contributed by atoms with E-state index in [0.717, 1.165) is 27.7 Å². The summed E-state index contributed by atoms with van der Waals surface area (Å²) in [4.78, 5) is 0. The highest BCUT2D eigenvalue weighted by Crippen LogP contribution is 2.31. The lowest BCUT2D eigenvalue weighted by atomic mass is 10.2. The molecule has 0 radical (unpaired) electrons. The molecule has 0 spiro atoms. The zero-order valence-electron chi connectivity index (χ0n) is 15.5. The van der Waals surface area contributed by atoms with Gasteiger partial charge in [0.1, 0.15) is 11.6 Å². The standard InChI is InChI=1S/C22H17ClFN3OS/c1-28-20-12-10-19(11-13-20)27-21(16-4-6-17(23)7-5-16)25-26-22(27)29-14-15-2-8-18(24)9-3-15/h2-13H,14H2,1H3. The normalized spacial score (nSPS) is 10.9. The van der Waals surface area contributed by atoms with E-state index in [1.165, 1.54) is 23.9 Å². The number of rotatable bonds is 6. The molecular weight excluding hydrogens is 409 g/mol. The minimum Gasteiger partial charge on any atom is -0.497 e. The number of thioether (sulfide) groups is 1. The van der Waals surface area contributed by atoms with Crippen molar-refractivity contribution in [2.45, 2.75) is 10.9 Å². The van der Waals surface area contributed by atoms with Gasteiger partial charge in [-0.15, -0.1) is 10.2 Å². The van der Waals surface area contributed by atoms with Gasteiger partial charge in [-0.25, -0.2) is 4.39 Å².